The SMILES string of the molecule is CC(C)(C)[S@@](=O)N=Cc1cc(-c2ccccc2)on1. The van der Waals surface area contributed by atoms with Crippen LogP contribution in [0.15, 0.2) is 45.3 Å². The summed E-state index contributed by atoms with van der Waals surface area (Å²) in [4.78, 5) is 0. The topological polar surface area (TPSA) is 55.5 Å². The molecule has 0 aliphatic rings. The highest BCUT2D eigenvalue weighted by Crippen LogP contribution is 2.19. The summed E-state index contributed by atoms with van der Waals surface area (Å²) in [6, 6.07) is 11.5. The van der Waals surface area contributed by atoms with Crippen LogP contribution in [0, 0.1) is 0 Å². The summed E-state index contributed by atoms with van der Waals surface area (Å²) >= 11 is 0. The van der Waals surface area contributed by atoms with Gasteiger partial charge in [0.25, 0.3) is 0 Å². The maximum Gasteiger partial charge on any atom is 0.167 e. The van der Waals surface area contributed by atoms with Crippen molar-refractivity contribution >= 4 is 17.2 Å². The molecule has 0 bridgehead atoms. The monoisotopic (exact) mass is 276 g/mol. The first-order valence-electron chi connectivity index (χ1n) is 5.95. The van der Waals surface area contributed by atoms with Crippen molar-refractivity contribution < 1.29 is 8.73 Å². The molecule has 0 fully saturated rings. The Bertz CT molecular complexity index is 597. The van der Waals surface area contributed by atoms with E-state index >= 15 is 0 Å². The van der Waals surface area contributed by atoms with Gasteiger partial charge < -0.3 is 4.52 Å². The van der Waals surface area contributed by atoms with Gasteiger partial charge >= 0.3 is 0 Å². The maximum atomic E-state index is 11.8. The van der Waals surface area contributed by atoms with Gasteiger partial charge in [0.05, 0.1) is 11.0 Å². The van der Waals surface area contributed by atoms with Gasteiger partial charge in [-0.15, -0.1) is 0 Å². The quantitative estimate of drug-likeness (QED) is 0.809. The molecule has 2 aromatic rings. The summed E-state index contributed by atoms with van der Waals surface area (Å²) in [5.74, 6) is 0.670. The number of nitrogens with zero attached hydrogens (tertiary/aromatic N) is 2. The van der Waals surface area contributed by atoms with E-state index in [-0.39, 0.29) is 4.75 Å². The first-order valence-corrected chi connectivity index (χ1v) is 7.06. The highest BCUT2D eigenvalue weighted by molar-refractivity contribution is 7.85. The van der Waals surface area contributed by atoms with E-state index in [0.717, 1.165) is 5.56 Å². The molecule has 1 heterocycles. The first kappa shape index (κ1) is 13.7. The van der Waals surface area contributed by atoms with Crippen molar-refractivity contribution in [3.05, 3.63) is 42.1 Å². The highest BCUT2D eigenvalue weighted by Gasteiger charge is 2.18. The molecule has 0 unspecified atom stereocenters. The predicted octanol–water partition coefficient (Wildman–Crippen LogP) is 3.22. The highest BCUT2D eigenvalue weighted by atomic mass is 32.2. The Morgan fingerprint density at radius 3 is 2.58 bits per heavy atom. The fraction of sp³-hybridized carbons (Fsp3) is 0.286. The predicted molar refractivity (Wildman–Crippen MR) is 77.4 cm³/mol. The second-order valence-corrected chi connectivity index (χ2v) is 7.01. The van der Waals surface area contributed by atoms with E-state index in [9.17, 15) is 4.21 Å². The van der Waals surface area contributed by atoms with Gasteiger partial charge in [-0.3, -0.25) is 0 Å². The molecule has 0 amide bonds. The van der Waals surface area contributed by atoms with Crippen molar-refractivity contribution in [1.82, 2.24) is 5.16 Å². The maximum absolute atomic E-state index is 11.8. The van der Waals surface area contributed by atoms with Crippen molar-refractivity contribution in [3.8, 4) is 11.3 Å². The Morgan fingerprint density at radius 2 is 1.95 bits per heavy atom. The molecule has 0 N–H and O–H groups in total. The summed E-state index contributed by atoms with van der Waals surface area (Å²) in [7, 11) is -1.29. The third-order valence-corrected chi connectivity index (χ3v) is 3.74. The summed E-state index contributed by atoms with van der Waals surface area (Å²) in [6.07, 6.45) is 1.48. The van der Waals surface area contributed by atoms with Gasteiger partial charge in [-0.2, -0.15) is 4.40 Å². The first-order chi connectivity index (χ1) is 8.97. The normalized spacial score (nSPS) is 13.8. The Balaban J connectivity index is 2.15. The van der Waals surface area contributed by atoms with Gasteiger partial charge in [-0.25, -0.2) is 4.21 Å². The van der Waals surface area contributed by atoms with Crippen LogP contribution >= 0.6 is 0 Å². The lowest BCUT2D eigenvalue weighted by atomic mass is 10.2. The Morgan fingerprint density at radius 1 is 1.26 bits per heavy atom. The second-order valence-electron chi connectivity index (χ2n) is 5.08. The molecule has 0 aliphatic heterocycles. The van der Waals surface area contributed by atoms with Crippen LogP contribution in [0.3, 0.4) is 0 Å². The van der Waals surface area contributed by atoms with Crippen LogP contribution in [-0.2, 0) is 11.0 Å². The summed E-state index contributed by atoms with van der Waals surface area (Å²) < 4.78 is 20.6. The zero-order valence-corrected chi connectivity index (χ0v) is 12.0. The molecule has 1 atom stereocenters. The molecule has 0 radical (unpaired) electrons. The number of hydrogen-bond donors (Lipinski definition) is 0. The van der Waals surface area contributed by atoms with Gasteiger partial charge in [0.15, 0.2) is 5.76 Å². The van der Waals surface area contributed by atoms with E-state index in [4.69, 9.17) is 4.52 Å². The number of benzene rings is 1. The number of hydrogen-bond acceptors (Lipinski definition) is 3. The van der Waals surface area contributed by atoms with E-state index < -0.39 is 11.0 Å². The van der Waals surface area contributed by atoms with Crippen molar-refractivity contribution in [2.75, 3.05) is 0 Å². The van der Waals surface area contributed by atoms with Crippen molar-refractivity contribution in [1.29, 1.82) is 0 Å². The minimum atomic E-state index is -1.29. The molecule has 0 spiro atoms. The molecule has 0 saturated carbocycles. The minimum absolute atomic E-state index is 0.373. The Kier molecular flexibility index (Phi) is 3.95. The third-order valence-electron chi connectivity index (χ3n) is 2.39. The van der Waals surface area contributed by atoms with Crippen LogP contribution in [0.1, 0.15) is 26.5 Å². The average molecular weight is 276 g/mol. The Labute approximate surface area is 115 Å². The molecule has 4 nitrogen and oxygen atoms in total. The van der Waals surface area contributed by atoms with Gasteiger partial charge in [0.1, 0.15) is 16.7 Å². The van der Waals surface area contributed by atoms with Gasteiger partial charge in [-0.1, -0.05) is 35.5 Å². The summed E-state index contributed by atoms with van der Waals surface area (Å²) in [6.45, 7) is 5.62. The van der Waals surface area contributed by atoms with Crippen LogP contribution in [0.25, 0.3) is 11.3 Å². The van der Waals surface area contributed by atoms with Gasteiger partial charge in [0, 0.05) is 11.6 Å². The molecule has 100 valence electrons. The lowest BCUT2D eigenvalue weighted by Gasteiger charge is -2.12. The fourth-order valence-electron chi connectivity index (χ4n) is 1.35. The molecule has 5 heteroatoms. The molecule has 0 saturated heterocycles. The number of aromatic nitrogens is 1. The fourth-order valence-corrected chi connectivity index (χ4v) is 1.87. The number of rotatable bonds is 3. The molecular formula is C14H16N2O2S. The van der Waals surface area contributed by atoms with E-state index in [1.807, 2.05) is 51.1 Å². The van der Waals surface area contributed by atoms with Crippen LogP contribution in [0.2, 0.25) is 0 Å². The molecule has 2 rings (SSSR count). The van der Waals surface area contributed by atoms with Crippen LogP contribution in [0.4, 0.5) is 0 Å². The zero-order chi connectivity index (χ0) is 13.9. The largest absolute Gasteiger partial charge is 0.356 e. The van der Waals surface area contributed by atoms with Gasteiger partial charge in [-0.05, 0) is 20.8 Å². The smallest absolute Gasteiger partial charge is 0.167 e. The molecular weight excluding hydrogens is 260 g/mol. The lowest BCUT2D eigenvalue weighted by Crippen LogP contribution is -2.19. The van der Waals surface area contributed by atoms with E-state index in [2.05, 4.69) is 9.55 Å². The third kappa shape index (κ3) is 3.61. The van der Waals surface area contributed by atoms with E-state index in [1.165, 1.54) is 6.21 Å². The van der Waals surface area contributed by atoms with Gasteiger partial charge in [0.2, 0.25) is 0 Å². The standard InChI is InChI=1S/C14H16N2O2S/c1-14(2,3)19(17)15-10-12-9-13(18-16-12)11-7-5-4-6-8-11/h4-10H,1-3H3/t19-/m1/s1. The zero-order valence-electron chi connectivity index (χ0n) is 11.2. The van der Waals surface area contributed by atoms with Crippen molar-refractivity contribution in [2.45, 2.75) is 25.5 Å². The van der Waals surface area contributed by atoms with Crippen LogP contribution < -0.4 is 0 Å². The van der Waals surface area contributed by atoms with E-state index in [0.29, 0.717) is 11.5 Å². The lowest BCUT2D eigenvalue weighted by molar-refractivity contribution is 0.431. The molecule has 19 heavy (non-hydrogen) atoms. The van der Waals surface area contributed by atoms with E-state index in [1.54, 1.807) is 6.07 Å². The molecule has 1 aromatic carbocycles. The second kappa shape index (κ2) is 5.48. The Hall–Kier alpha value is -1.75. The summed E-state index contributed by atoms with van der Waals surface area (Å²) in [5, 5.41) is 3.89. The summed E-state index contributed by atoms with van der Waals surface area (Å²) in [5.41, 5.74) is 1.52. The molecule has 0 aliphatic carbocycles. The van der Waals surface area contributed by atoms with Crippen LogP contribution in [-0.4, -0.2) is 20.3 Å². The minimum Gasteiger partial charge on any atom is -0.356 e. The average Bonchev–Trinajstić information content (AvgIpc) is 2.84. The van der Waals surface area contributed by atoms with Crippen molar-refractivity contribution in [2.24, 2.45) is 4.40 Å². The molecule has 1 aromatic heterocycles. The van der Waals surface area contributed by atoms with Crippen LogP contribution in [0.5, 0.6) is 0 Å². The van der Waals surface area contributed by atoms with Crippen molar-refractivity contribution in [3.63, 3.8) is 0 Å².